The minimum absolute atomic E-state index is 0.0810. The van der Waals surface area contributed by atoms with Crippen molar-refractivity contribution in [3.8, 4) is 11.5 Å². The average Bonchev–Trinajstić information content (AvgIpc) is 3.18. The molecule has 0 bridgehead atoms. The third-order valence-electron chi connectivity index (χ3n) is 4.28. The molecule has 3 rings (SSSR count). The molecule has 0 fully saturated rings. The molecule has 1 aromatic carbocycles. The Morgan fingerprint density at radius 1 is 1.15 bits per heavy atom. The number of hydrogen-bond acceptors (Lipinski definition) is 4. The molecule has 0 aliphatic carbocycles. The van der Waals surface area contributed by atoms with E-state index in [1.165, 1.54) is 16.3 Å². The summed E-state index contributed by atoms with van der Waals surface area (Å²) in [6.45, 7) is 4.63. The van der Waals surface area contributed by atoms with E-state index < -0.39 is 0 Å². The Hall–Kier alpha value is -3.15. The number of amides is 1. The van der Waals surface area contributed by atoms with Gasteiger partial charge in [0.05, 0.1) is 6.26 Å². The quantitative estimate of drug-likeness (QED) is 0.685. The number of carbonyl (C=O) groups is 1. The van der Waals surface area contributed by atoms with Crippen LogP contribution in [-0.2, 0) is 11.3 Å². The van der Waals surface area contributed by atoms with Crippen molar-refractivity contribution in [2.45, 2.75) is 39.2 Å². The fraction of sp³-hybridized carbons (Fsp3) is 0.286. The van der Waals surface area contributed by atoms with Gasteiger partial charge in [-0.2, -0.15) is 5.10 Å². The summed E-state index contributed by atoms with van der Waals surface area (Å²) < 4.78 is 6.67. The van der Waals surface area contributed by atoms with E-state index in [0.717, 1.165) is 5.69 Å². The second-order valence-corrected chi connectivity index (χ2v) is 6.69. The Morgan fingerprint density at radius 3 is 2.59 bits per heavy atom. The molecule has 6 heteroatoms. The fourth-order valence-corrected chi connectivity index (χ4v) is 2.73. The van der Waals surface area contributed by atoms with E-state index in [1.54, 1.807) is 24.5 Å². The SMILES string of the molecule is CC(C)c1ccc(NC(=O)CCCn2nc(-c3ccco3)ccc2=O)cc1. The zero-order valence-corrected chi connectivity index (χ0v) is 15.5. The first-order chi connectivity index (χ1) is 13.0. The third kappa shape index (κ3) is 4.94. The van der Waals surface area contributed by atoms with Crippen molar-refractivity contribution in [3.05, 3.63) is 70.7 Å². The van der Waals surface area contributed by atoms with Gasteiger partial charge < -0.3 is 9.73 Å². The molecule has 1 amide bonds. The lowest BCUT2D eigenvalue weighted by Crippen LogP contribution is -2.23. The van der Waals surface area contributed by atoms with Crippen molar-refractivity contribution in [2.75, 3.05) is 5.32 Å². The van der Waals surface area contributed by atoms with Gasteiger partial charge in [0.15, 0.2) is 5.76 Å². The van der Waals surface area contributed by atoms with E-state index >= 15 is 0 Å². The fourth-order valence-electron chi connectivity index (χ4n) is 2.73. The van der Waals surface area contributed by atoms with E-state index in [9.17, 15) is 9.59 Å². The molecular weight excluding hydrogens is 342 g/mol. The van der Waals surface area contributed by atoms with Crippen LogP contribution >= 0.6 is 0 Å². The van der Waals surface area contributed by atoms with Gasteiger partial charge in [-0.25, -0.2) is 4.68 Å². The minimum atomic E-state index is -0.199. The predicted octanol–water partition coefficient (Wildman–Crippen LogP) is 4.05. The summed E-state index contributed by atoms with van der Waals surface area (Å²) >= 11 is 0. The standard InChI is InChI=1S/C21H23N3O3/c1-15(2)16-7-9-17(10-8-16)22-20(25)6-3-13-24-21(26)12-11-18(23-24)19-5-4-14-27-19/h4-5,7-12,14-15H,3,6,13H2,1-2H3,(H,22,25). The molecule has 0 aliphatic heterocycles. The van der Waals surface area contributed by atoms with E-state index in [0.29, 0.717) is 36.8 Å². The van der Waals surface area contributed by atoms with Gasteiger partial charge in [-0.05, 0) is 48.2 Å². The van der Waals surface area contributed by atoms with Gasteiger partial charge in [0.25, 0.3) is 5.56 Å². The number of aryl methyl sites for hydroxylation is 1. The van der Waals surface area contributed by atoms with Crippen LogP contribution < -0.4 is 10.9 Å². The van der Waals surface area contributed by atoms with Crippen molar-refractivity contribution in [1.82, 2.24) is 9.78 Å². The van der Waals surface area contributed by atoms with Gasteiger partial charge in [0, 0.05) is 24.7 Å². The highest BCUT2D eigenvalue weighted by atomic mass is 16.3. The Bertz CT molecular complexity index is 942. The lowest BCUT2D eigenvalue weighted by molar-refractivity contribution is -0.116. The molecule has 0 aliphatic rings. The van der Waals surface area contributed by atoms with Gasteiger partial charge in [0.2, 0.25) is 5.91 Å². The lowest BCUT2D eigenvalue weighted by Gasteiger charge is -2.09. The highest BCUT2D eigenvalue weighted by Gasteiger charge is 2.08. The molecule has 1 N–H and O–H groups in total. The maximum Gasteiger partial charge on any atom is 0.266 e. The Kier molecular flexibility index (Phi) is 5.86. The molecular formula is C21H23N3O3. The summed E-state index contributed by atoms with van der Waals surface area (Å²) in [5.41, 5.74) is 2.40. The monoisotopic (exact) mass is 365 g/mol. The van der Waals surface area contributed by atoms with Gasteiger partial charge in [-0.1, -0.05) is 26.0 Å². The van der Waals surface area contributed by atoms with Crippen molar-refractivity contribution in [1.29, 1.82) is 0 Å². The van der Waals surface area contributed by atoms with E-state index in [2.05, 4.69) is 24.3 Å². The first-order valence-electron chi connectivity index (χ1n) is 9.05. The smallest absolute Gasteiger partial charge is 0.266 e. The molecule has 2 heterocycles. The van der Waals surface area contributed by atoms with Crippen LogP contribution in [0.4, 0.5) is 5.69 Å². The molecule has 0 spiro atoms. The van der Waals surface area contributed by atoms with Crippen LogP contribution in [0.15, 0.2) is 64.0 Å². The van der Waals surface area contributed by atoms with Crippen LogP contribution in [0.2, 0.25) is 0 Å². The van der Waals surface area contributed by atoms with Crippen LogP contribution in [0.1, 0.15) is 38.2 Å². The first-order valence-corrected chi connectivity index (χ1v) is 9.05. The zero-order chi connectivity index (χ0) is 19.2. The molecule has 0 atom stereocenters. The third-order valence-corrected chi connectivity index (χ3v) is 4.28. The van der Waals surface area contributed by atoms with E-state index in [4.69, 9.17) is 4.42 Å². The normalized spacial score (nSPS) is 10.9. The Balaban J connectivity index is 1.54. The van der Waals surface area contributed by atoms with Crippen LogP contribution in [-0.4, -0.2) is 15.7 Å². The van der Waals surface area contributed by atoms with Crippen LogP contribution in [0.3, 0.4) is 0 Å². The number of benzene rings is 1. The molecule has 0 radical (unpaired) electrons. The number of nitrogens with one attached hydrogen (secondary N) is 1. The van der Waals surface area contributed by atoms with Gasteiger partial charge >= 0.3 is 0 Å². The number of anilines is 1. The van der Waals surface area contributed by atoms with Gasteiger partial charge in [0.1, 0.15) is 5.69 Å². The first kappa shape index (κ1) is 18.6. The molecule has 3 aromatic rings. The summed E-state index contributed by atoms with van der Waals surface area (Å²) in [5.74, 6) is 0.978. The maximum absolute atomic E-state index is 12.1. The molecule has 0 saturated carbocycles. The summed E-state index contributed by atoms with van der Waals surface area (Å²) in [7, 11) is 0. The van der Waals surface area contributed by atoms with Crippen molar-refractivity contribution in [2.24, 2.45) is 0 Å². The maximum atomic E-state index is 12.1. The summed E-state index contributed by atoms with van der Waals surface area (Å²) in [4.78, 5) is 24.1. The average molecular weight is 365 g/mol. The molecule has 0 saturated heterocycles. The molecule has 6 nitrogen and oxygen atoms in total. The second-order valence-electron chi connectivity index (χ2n) is 6.69. The largest absolute Gasteiger partial charge is 0.463 e. The summed E-state index contributed by atoms with van der Waals surface area (Å²) in [6, 6.07) is 14.5. The zero-order valence-electron chi connectivity index (χ0n) is 15.5. The van der Waals surface area contributed by atoms with Crippen LogP contribution in [0, 0.1) is 0 Å². The van der Waals surface area contributed by atoms with Crippen molar-refractivity contribution >= 4 is 11.6 Å². The topological polar surface area (TPSA) is 77.1 Å². The highest BCUT2D eigenvalue weighted by Crippen LogP contribution is 2.17. The molecule has 2 aromatic heterocycles. The summed E-state index contributed by atoms with van der Waals surface area (Å²) in [5, 5.41) is 7.18. The number of furan rings is 1. The minimum Gasteiger partial charge on any atom is -0.463 e. The number of carbonyl (C=O) groups excluding carboxylic acids is 1. The number of aromatic nitrogens is 2. The molecule has 0 unspecified atom stereocenters. The van der Waals surface area contributed by atoms with Crippen molar-refractivity contribution < 1.29 is 9.21 Å². The Labute approximate surface area is 157 Å². The molecule has 27 heavy (non-hydrogen) atoms. The van der Waals surface area contributed by atoms with E-state index in [-0.39, 0.29) is 11.5 Å². The van der Waals surface area contributed by atoms with Gasteiger partial charge in [-0.3, -0.25) is 9.59 Å². The summed E-state index contributed by atoms with van der Waals surface area (Å²) in [6.07, 6.45) is 2.39. The number of nitrogens with zero attached hydrogens (tertiary/aromatic N) is 2. The number of hydrogen-bond donors (Lipinski definition) is 1. The van der Waals surface area contributed by atoms with E-state index in [1.807, 2.05) is 24.3 Å². The second kappa shape index (κ2) is 8.49. The van der Waals surface area contributed by atoms with Crippen LogP contribution in [0.25, 0.3) is 11.5 Å². The van der Waals surface area contributed by atoms with Crippen molar-refractivity contribution in [3.63, 3.8) is 0 Å². The Morgan fingerprint density at radius 2 is 1.93 bits per heavy atom. The van der Waals surface area contributed by atoms with Crippen LogP contribution in [0.5, 0.6) is 0 Å². The highest BCUT2D eigenvalue weighted by molar-refractivity contribution is 5.90. The number of rotatable bonds is 7. The van der Waals surface area contributed by atoms with Gasteiger partial charge in [-0.15, -0.1) is 0 Å². The molecule has 140 valence electrons. The lowest BCUT2D eigenvalue weighted by atomic mass is 10.0. The predicted molar refractivity (Wildman–Crippen MR) is 105 cm³/mol.